The second kappa shape index (κ2) is 4.41. The van der Waals surface area contributed by atoms with Crippen LogP contribution in [0.5, 0.6) is 0 Å². The Kier molecular flexibility index (Phi) is 3.23. The summed E-state index contributed by atoms with van der Waals surface area (Å²) in [6.07, 6.45) is 0. The number of hydrogen-bond acceptors (Lipinski definition) is 3. The van der Waals surface area contributed by atoms with Crippen molar-refractivity contribution in [2.75, 3.05) is 0 Å². The molecule has 0 bridgehead atoms. The van der Waals surface area contributed by atoms with Crippen LogP contribution >= 0.6 is 0 Å². The maximum absolute atomic E-state index is 10.6. The zero-order chi connectivity index (χ0) is 10.6. The van der Waals surface area contributed by atoms with E-state index in [1.807, 2.05) is 19.1 Å². The van der Waals surface area contributed by atoms with Crippen LogP contribution in [0.1, 0.15) is 11.1 Å². The molecule has 0 aliphatic rings. The van der Waals surface area contributed by atoms with E-state index in [1.54, 1.807) is 12.1 Å². The van der Waals surface area contributed by atoms with Gasteiger partial charge in [-0.2, -0.15) is 0 Å². The van der Waals surface area contributed by atoms with Crippen LogP contribution in [-0.4, -0.2) is 17.0 Å². The van der Waals surface area contributed by atoms with Crippen molar-refractivity contribution in [1.29, 1.82) is 0 Å². The van der Waals surface area contributed by atoms with E-state index in [0.29, 0.717) is 0 Å². The molecule has 0 heterocycles. The molecule has 0 aliphatic heterocycles. The van der Waals surface area contributed by atoms with Crippen LogP contribution < -0.4 is 0 Å². The van der Waals surface area contributed by atoms with Crippen LogP contribution in [-0.2, 0) is 20.9 Å². The zero-order valence-corrected chi connectivity index (χ0v) is 7.69. The molecule has 1 aromatic rings. The van der Waals surface area contributed by atoms with E-state index in [4.69, 9.17) is 5.11 Å². The molecular formula is C10H10O4. The van der Waals surface area contributed by atoms with E-state index in [9.17, 15) is 9.59 Å². The maximum Gasteiger partial charge on any atom is 0.417 e. The molecule has 0 aromatic heterocycles. The first-order valence-electron chi connectivity index (χ1n) is 4.06. The van der Waals surface area contributed by atoms with Gasteiger partial charge in [0.2, 0.25) is 0 Å². The Morgan fingerprint density at radius 1 is 1.36 bits per heavy atom. The molecule has 0 unspecified atom stereocenters. The number of benzene rings is 1. The lowest BCUT2D eigenvalue weighted by Gasteiger charge is -2.04. The quantitative estimate of drug-likeness (QED) is 0.566. The standard InChI is InChI=1S/C10H10O4/c1-7-4-2-3-5-8(7)6-14-10(13)9(11)12/h2-5H,6H2,1H3,(H,11,12). The number of hydrogen-bond donors (Lipinski definition) is 1. The smallest absolute Gasteiger partial charge is 0.417 e. The maximum atomic E-state index is 10.6. The van der Waals surface area contributed by atoms with Crippen molar-refractivity contribution in [3.05, 3.63) is 35.4 Å². The van der Waals surface area contributed by atoms with Gasteiger partial charge in [-0.25, -0.2) is 9.59 Å². The molecule has 0 saturated carbocycles. The van der Waals surface area contributed by atoms with E-state index in [-0.39, 0.29) is 6.61 Å². The molecule has 1 N–H and O–H groups in total. The molecule has 0 aliphatic carbocycles. The lowest BCUT2D eigenvalue weighted by atomic mass is 10.1. The third-order valence-electron chi connectivity index (χ3n) is 1.79. The van der Waals surface area contributed by atoms with Crippen molar-refractivity contribution < 1.29 is 19.4 Å². The third kappa shape index (κ3) is 2.58. The van der Waals surface area contributed by atoms with Crippen molar-refractivity contribution in [2.45, 2.75) is 13.5 Å². The Hall–Kier alpha value is -1.84. The number of ether oxygens (including phenoxy) is 1. The van der Waals surface area contributed by atoms with Crippen molar-refractivity contribution in [3.63, 3.8) is 0 Å². The van der Waals surface area contributed by atoms with Crippen LogP contribution in [0.2, 0.25) is 0 Å². The average molecular weight is 194 g/mol. The molecule has 0 amide bonds. The summed E-state index contributed by atoms with van der Waals surface area (Å²) in [5.41, 5.74) is 1.77. The lowest BCUT2D eigenvalue weighted by Crippen LogP contribution is -2.16. The molecule has 0 atom stereocenters. The van der Waals surface area contributed by atoms with Gasteiger partial charge in [0, 0.05) is 0 Å². The number of carbonyl (C=O) groups excluding carboxylic acids is 1. The van der Waals surface area contributed by atoms with E-state index in [1.165, 1.54) is 0 Å². The molecule has 74 valence electrons. The number of aliphatic carboxylic acids is 1. The number of carboxylic acids is 1. The van der Waals surface area contributed by atoms with E-state index in [2.05, 4.69) is 4.74 Å². The second-order valence-electron chi connectivity index (χ2n) is 2.81. The highest BCUT2D eigenvalue weighted by Gasteiger charge is 2.12. The zero-order valence-electron chi connectivity index (χ0n) is 7.69. The van der Waals surface area contributed by atoms with Crippen molar-refractivity contribution >= 4 is 11.9 Å². The normalized spacial score (nSPS) is 9.50. The van der Waals surface area contributed by atoms with Gasteiger partial charge in [0.1, 0.15) is 6.61 Å². The number of rotatable bonds is 2. The number of esters is 1. The Morgan fingerprint density at radius 3 is 2.57 bits per heavy atom. The van der Waals surface area contributed by atoms with Gasteiger partial charge in [0.25, 0.3) is 0 Å². The minimum absolute atomic E-state index is 0.00218. The molecule has 0 fully saturated rings. The minimum Gasteiger partial charge on any atom is -0.473 e. The molecule has 14 heavy (non-hydrogen) atoms. The molecule has 0 radical (unpaired) electrons. The fraction of sp³-hybridized carbons (Fsp3) is 0.200. The lowest BCUT2D eigenvalue weighted by molar-refractivity contribution is -0.164. The van der Waals surface area contributed by atoms with E-state index < -0.39 is 11.9 Å². The molecular weight excluding hydrogens is 184 g/mol. The van der Waals surface area contributed by atoms with Crippen molar-refractivity contribution in [2.24, 2.45) is 0 Å². The summed E-state index contributed by atoms with van der Waals surface area (Å²) in [5, 5.41) is 8.25. The van der Waals surface area contributed by atoms with Gasteiger partial charge in [0.15, 0.2) is 0 Å². The molecule has 1 aromatic carbocycles. The predicted octanol–water partition coefficient (Wildman–Crippen LogP) is 1.12. The van der Waals surface area contributed by atoms with Crippen molar-refractivity contribution in [3.8, 4) is 0 Å². The van der Waals surface area contributed by atoms with Gasteiger partial charge in [-0.15, -0.1) is 0 Å². The third-order valence-corrected chi connectivity index (χ3v) is 1.79. The SMILES string of the molecule is Cc1ccccc1COC(=O)C(=O)O. The van der Waals surface area contributed by atoms with Crippen LogP contribution in [0.25, 0.3) is 0 Å². The first-order valence-corrected chi connectivity index (χ1v) is 4.06. The topological polar surface area (TPSA) is 63.6 Å². The van der Waals surface area contributed by atoms with Gasteiger partial charge in [-0.05, 0) is 18.1 Å². The monoisotopic (exact) mass is 194 g/mol. The summed E-state index contributed by atoms with van der Waals surface area (Å²) in [6.45, 7) is 1.86. The average Bonchev–Trinajstić information content (AvgIpc) is 2.16. The summed E-state index contributed by atoms with van der Waals surface area (Å²) in [6, 6.07) is 7.31. The Morgan fingerprint density at radius 2 is 2.00 bits per heavy atom. The first kappa shape index (κ1) is 10.2. The predicted molar refractivity (Wildman–Crippen MR) is 48.6 cm³/mol. The van der Waals surface area contributed by atoms with Crippen molar-refractivity contribution in [1.82, 2.24) is 0 Å². The fourth-order valence-corrected chi connectivity index (χ4v) is 0.977. The van der Waals surface area contributed by atoms with Crippen LogP contribution in [0.15, 0.2) is 24.3 Å². The summed E-state index contributed by atoms with van der Waals surface area (Å²) >= 11 is 0. The van der Waals surface area contributed by atoms with Crippen LogP contribution in [0.3, 0.4) is 0 Å². The number of aryl methyl sites for hydroxylation is 1. The number of carboxylic acid groups (broad SMARTS) is 1. The highest BCUT2D eigenvalue weighted by atomic mass is 16.6. The van der Waals surface area contributed by atoms with Gasteiger partial charge in [-0.3, -0.25) is 0 Å². The first-order chi connectivity index (χ1) is 6.61. The summed E-state index contributed by atoms with van der Waals surface area (Å²) in [5.74, 6) is -2.80. The van der Waals surface area contributed by atoms with E-state index in [0.717, 1.165) is 11.1 Å². The van der Waals surface area contributed by atoms with Gasteiger partial charge < -0.3 is 9.84 Å². The summed E-state index contributed by atoms with van der Waals surface area (Å²) in [4.78, 5) is 20.7. The highest BCUT2D eigenvalue weighted by Crippen LogP contribution is 2.07. The fourth-order valence-electron chi connectivity index (χ4n) is 0.977. The highest BCUT2D eigenvalue weighted by molar-refractivity contribution is 6.28. The molecule has 4 nitrogen and oxygen atoms in total. The Bertz CT molecular complexity index is 357. The molecule has 0 saturated heterocycles. The van der Waals surface area contributed by atoms with Gasteiger partial charge >= 0.3 is 11.9 Å². The Labute approximate surface area is 81.1 Å². The largest absolute Gasteiger partial charge is 0.473 e. The number of carbonyl (C=O) groups is 2. The second-order valence-corrected chi connectivity index (χ2v) is 2.81. The van der Waals surface area contributed by atoms with E-state index >= 15 is 0 Å². The molecule has 1 rings (SSSR count). The Balaban J connectivity index is 2.58. The van der Waals surface area contributed by atoms with Crippen LogP contribution in [0.4, 0.5) is 0 Å². The molecule has 4 heteroatoms. The summed E-state index contributed by atoms with van der Waals surface area (Å²) in [7, 11) is 0. The molecule has 0 spiro atoms. The minimum atomic E-state index is -1.57. The van der Waals surface area contributed by atoms with Gasteiger partial charge in [0.05, 0.1) is 0 Å². The van der Waals surface area contributed by atoms with Gasteiger partial charge in [-0.1, -0.05) is 24.3 Å². The van der Waals surface area contributed by atoms with Crippen LogP contribution in [0, 0.1) is 6.92 Å². The summed E-state index contributed by atoms with van der Waals surface area (Å²) < 4.78 is 4.53.